The Morgan fingerprint density at radius 1 is 1.35 bits per heavy atom. The van der Waals surface area contributed by atoms with Gasteiger partial charge in [-0.15, -0.1) is 0 Å². The molecule has 0 spiro atoms. The molecule has 2 unspecified atom stereocenters. The summed E-state index contributed by atoms with van der Waals surface area (Å²) in [5.41, 5.74) is 9.30. The van der Waals surface area contributed by atoms with E-state index >= 15 is 0 Å². The molecule has 1 aromatic rings. The molecule has 0 aromatic heterocycles. The molecule has 0 saturated heterocycles. The highest BCUT2D eigenvalue weighted by Gasteiger charge is 2.24. The molecule has 0 radical (unpaired) electrons. The molecular weight excluding hydrogens is 226 g/mol. The van der Waals surface area contributed by atoms with Crippen LogP contribution >= 0.6 is 11.8 Å². The number of aryl methyl sites for hydroxylation is 1. The van der Waals surface area contributed by atoms with E-state index in [0.717, 1.165) is 5.92 Å². The highest BCUT2D eigenvalue weighted by Crippen LogP contribution is 2.34. The highest BCUT2D eigenvalue weighted by molar-refractivity contribution is 7.99. The van der Waals surface area contributed by atoms with Crippen LogP contribution in [0.5, 0.6) is 0 Å². The number of thioether (sulfide) groups is 1. The molecule has 0 bridgehead atoms. The second-order valence-electron chi connectivity index (χ2n) is 5.38. The zero-order valence-electron chi connectivity index (χ0n) is 10.9. The number of rotatable bonds is 3. The molecule has 1 nitrogen and oxygen atoms in total. The van der Waals surface area contributed by atoms with E-state index < -0.39 is 0 Å². The first-order valence-electron chi connectivity index (χ1n) is 6.63. The Labute approximate surface area is 109 Å². The zero-order valence-corrected chi connectivity index (χ0v) is 11.7. The lowest BCUT2D eigenvalue weighted by molar-refractivity contribution is 0.628. The number of hydrogen-bond donors (Lipinski definition) is 1. The summed E-state index contributed by atoms with van der Waals surface area (Å²) in [6, 6.07) is 8.93. The van der Waals surface area contributed by atoms with E-state index in [4.69, 9.17) is 5.73 Å². The van der Waals surface area contributed by atoms with Crippen molar-refractivity contribution < 1.29 is 0 Å². The zero-order chi connectivity index (χ0) is 12.3. The van der Waals surface area contributed by atoms with E-state index in [9.17, 15) is 0 Å². The summed E-state index contributed by atoms with van der Waals surface area (Å²) in [4.78, 5) is 0. The summed E-state index contributed by atoms with van der Waals surface area (Å²) in [5.74, 6) is 1.98. The largest absolute Gasteiger partial charge is 0.323 e. The summed E-state index contributed by atoms with van der Waals surface area (Å²) in [6.45, 7) is 4.56. The van der Waals surface area contributed by atoms with Gasteiger partial charge in [0.2, 0.25) is 0 Å². The van der Waals surface area contributed by atoms with Crippen LogP contribution in [0.3, 0.4) is 0 Å². The van der Waals surface area contributed by atoms with Crippen molar-refractivity contribution in [2.75, 3.05) is 5.75 Å². The summed E-state index contributed by atoms with van der Waals surface area (Å²) in [6.07, 6.45) is 3.73. The Morgan fingerprint density at radius 2 is 2.12 bits per heavy atom. The smallest absolute Gasteiger partial charge is 0.0418 e. The number of fused-ring (bicyclic) bond motifs is 1. The van der Waals surface area contributed by atoms with E-state index in [1.165, 1.54) is 36.1 Å². The third kappa shape index (κ3) is 3.26. The first kappa shape index (κ1) is 13.0. The normalized spacial score (nSPS) is 24.5. The molecule has 0 amide bonds. The van der Waals surface area contributed by atoms with Crippen LogP contribution in [0, 0.1) is 5.92 Å². The summed E-state index contributed by atoms with van der Waals surface area (Å²) >= 11 is 2.07. The van der Waals surface area contributed by atoms with E-state index in [2.05, 4.69) is 49.9 Å². The molecule has 0 saturated carbocycles. The van der Waals surface area contributed by atoms with Crippen LogP contribution in [0.2, 0.25) is 0 Å². The first-order valence-corrected chi connectivity index (χ1v) is 7.68. The Balaban J connectivity index is 2.11. The Bertz CT molecular complexity index is 362. The van der Waals surface area contributed by atoms with Gasteiger partial charge in [0, 0.05) is 11.3 Å². The van der Waals surface area contributed by atoms with Gasteiger partial charge in [-0.3, -0.25) is 0 Å². The summed E-state index contributed by atoms with van der Waals surface area (Å²) in [7, 11) is 0. The lowest BCUT2D eigenvalue weighted by Gasteiger charge is -2.23. The molecule has 0 fully saturated rings. The lowest BCUT2D eigenvalue weighted by atomic mass is 10.00. The lowest BCUT2D eigenvalue weighted by Crippen LogP contribution is -2.24. The predicted molar refractivity (Wildman–Crippen MR) is 77.4 cm³/mol. The predicted octanol–water partition coefficient (Wildman–Crippen LogP) is 3.78. The molecule has 2 rings (SSSR count). The summed E-state index contributed by atoms with van der Waals surface area (Å²) < 4.78 is 0. The van der Waals surface area contributed by atoms with E-state index in [1.54, 1.807) is 0 Å². The fraction of sp³-hybridized carbons (Fsp3) is 0.600. The SMILES string of the molecule is CC(C)CSC1CCCc2ccccc2C1N. The molecule has 1 aromatic carbocycles. The van der Waals surface area contributed by atoms with Crippen molar-refractivity contribution in [2.24, 2.45) is 11.7 Å². The van der Waals surface area contributed by atoms with Crippen molar-refractivity contribution in [1.82, 2.24) is 0 Å². The minimum atomic E-state index is 0.220. The minimum Gasteiger partial charge on any atom is -0.323 e. The van der Waals surface area contributed by atoms with Gasteiger partial charge in [0.15, 0.2) is 0 Å². The molecule has 2 atom stereocenters. The average molecular weight is 249 g/mol. The van der Waals surface area contributed by atoms with Gasteiger partial charge in [-0.25, -0.2) is 0 Å². The quantitative estimate of drug-likeness (QED) is 0.825. The van der Waals surface area contributed by atoms with Gasteiger partial charge in [0.05, 0.1) is 0 Å². The maximum atomic E-state index is 6.46. The number of nitrogens with two attached hydrogens (primary N) is 1. The summed E-state index contributed by atoms with van der Waals surface area (Å²) in [5, 5.41) is 0.598. The number of hydrogen-bond acceptors (Lipinski definition) is 2. The third-order valence-electron chi connectivity index (χ3n) is 3.39. The fourth-order valence-corrected chi connectivity index (χ4v) is 3.78. The monoisotopic (exact) mass is 249 g/mol. The Kier molecular flexibility index (Phi) is 4.52. The van der Waals surface area contributed by atoms with Crippen LogP contribution in [0.4, 0.5) is 0 Å². The molecule has 2 N–H and O–H groups in total. The number of benzene rings is 1. The maximum absolute atomic E-state index is 6.46. The van der Waals surface area contributed by atoms with Gasteiger partial charge in [-0.05, 0) is 42.1 Å². The molecular formula is C15H23NS. The van der Waals surface area contributed by atoms with Crippen LogP contribution in [-0.4, -0.2) is 11.0 Å². The second kappa shape index (κ2) is 5.92. The van der Waals surface area contributed by atoms with Crippen molar-refractivity contribution in [3.8, 4) is 0 Å². The molecule has 1 aliphatic carbocycles. The molecule has 1 aliphatic rings. The first-order chi connectivity index (χ1) is 8.18. The molecule has 2 heteroatoms. The van der Waals surface area contributed by atoms with Gasteiger partial charge in [-0.2, -0.15) is 11.8 Å². The van der Waals surface area contributed by atoms with Gasteiger partial charge in [-0.1, -0.05) is 38.1 Å². The minimum absolute atomic E-state index is 0.220. The Morgan fingerprint density at radius 3 is 2.88 bits per heavy atom. The van der Waals surface area contributed by atoms with Crippen molar-refractivity contribution in [1.29, 1.82) is 0 Å². The van der Waals surface area contributed by atoms with E-state index in [1.807, 2.05) is 0 Å². The van der Waals surface area contributed by atoms with Crippen LogP contribution in [0.15, 0.2) is 24.3 Å². The average Bonchev–Trinajstić information content (AvgIpc) is 2.47. The molecule has 17 heavy (non-hydrogen) atoms. The molecule has 0 aliphatic heterocycles. The second-order valence-corrected chi connectivity index (χ2v) is 6.65. The topological polar surface area (TPSA) is 26.0 Å². The van der Waals surface area contributed by atoms with Gasteiger partial charge in [0.1, 0.15) is 0 Å². The standard InChI is InChI=1S/C15H23NS/c1-11(2)10-17-14-9-5-7-12-6-3-4-8-13(12)15(14)16/h3-4,6,8,11,14-15H,5,7,9-10,16H2,1-2H3. The van der Waals surface area contributed by atoms with Gasteiger partial charge < -0.3 is 5.73 Å². The van der Waals surface area contributed by atoms with Crippen LogP contribution in [0.1, 0.15) is 43.9 Å². The highest BCUT2D eigenvalue weighted by atomic mass is 32.2. The van der Waals surface area contributed by atoms with Gasteiger partial charge >= 0.3 is 0 Å². The third-order valence-corrected chi connectivity index (χ3v) is 5.21. The van der Waals surface area contributed by atoms with E-state index in [-0.39, 0.29) is 6.04 Å². The Hall–Kier alpha value is -0.470. The molecule has 0 heterocycles. The fourth-order valence-electron chi connectivity index (χ4n) is 2.46. The van der Waals surface area contributed by atoms with Gasteiger partial charge in [0.25, 0.3) is 0 Å². The van der Waals surface area contributed by atoms with Crippen molar-refractivity contribution >= 4 is 11.8 Å². The van der Waals surface area contributed by atoms with E-state index in [0.29, 0.717) is 5.25 Å². The maximum Gasteiger partial charge on any atom is 0.0418 e. The van der Waals surface area contributed by atoms with Crippen molar-refractivity contribution in [3.05, 3.63) is 35.4 Å². The molecule has 94 valence electrons. The van der Waals surface area contributed by atoms with Crippen molar-refractivity contribution in [3.63, 3.8) is 0 Å². The van der Waals surface area contributed by atoms with Crippen molar-refractivity contribution in [2.45, 2.75) is 44.4 Å². The van der Waals surface area contributed by atoms with Crippen LogP contribution < -0.4 is 5.73 Å². The van der Waals surface area contributed by atoms with Crippen LogP contribution in [0.25, 0.3) is 0 Å². The van der Waals surface area contributed by atoms with Crippen LogP contribution in [-0.2, 0) is 6.42 Å².